The quantitative estimate of drug-likeness (QED) is 0.756. The summed E-state index contributed by atoms with van der Waals surface area (Å²) in [6, 6.07) is 9.97. The lowest BCUT2D eigenvalue weighted by Gasteiger charge is -2.10. The zero-order chi connectivity index (χ0) is 15.0. The number of aromatic nitrogens is 2. The predicted molar refractivity (Wildman–Crippen MR) is 78.3 cm³/mol. The SMILES string of the molecule is Cc1ccc2cccc(Nc3nc(N)c(F)cc3F)c2n1. The average molecular weight is 286 g/mol. The molecule has 3 N–H and O–H groups in total. The number of rotatable bonds is 2. The highest BCUT2D eigenvalue weighted by Crippen LogP contribution is 2.26. The van der Waals surface area contributed by atoms with Crippen LogP contribution < -0.4 is 11.1 Å². The molecule has 106 valence electrons. The highest BCUT2D eigenvalue weighted by Gasteiger charge is 2.11. The average Bonchev–Trinajstić information content (AvgIpc) is 2.45. The molecule has 0 radical (unpaired) electrons. The van der Waals surface area contributed by atoms with E-state index in [4.69, 9.17) is 5.73 Å². The second-order valence-electron chi connectivity index (χ2n) is 4.64. The lowest BCUT2D eigenvalue weighted by molar-refractivity contribution is 0.581. The highest BCUT2D eigenvalue weighted by atomic mass is 19.1. The number of nitrogens with one attached hydrogen (secondary N) is 1. The fourth-order valence-corrected chi connectivity index (χ4v) is 2.04. The molecule has 3 aromatic rings. The topological polar surface area (TPSA) is 63.8 Å². The van der Waals surface area contributed by atoms with Crippen molar-refractivity contribution in [1.29, 1.82) is 0 Å². The van der Waals surface area contributed by atoms with Gasteiger partial charge < -0.3 is 11.1 Å². The summed E-state index contributed by atoms with van der Waals surface area (Å²) in [5.41, 5.74) is 7.47. The Bertz CT molecular complexity index is 833. The molecule has 0 bridgehead atoms. The second-order valence-corrected chi connectivity index (χ2v) is 4.64. The lowest BCUT2D eigenvalue weighted by atomic mass is 10.1. The van der Waals surface area contributed by atoms with Crippen molar-refractivity contribution in [3.63, 3.8) is 0 Å². The number of anilines is 3. The summed E-state index contributed by atoms with van der Waals surface area (Å²) in [4.78, 5) is 8.11. The van der Waals surface area contributed by atoms with E-state index in [1.54, 1.807) is 6.07 Å². The van der Waals surface area contributed by atoms with E-state index in [0.29, 0.717) is 17.3 Å². The molecular weight excluding hydrogens is 274 g/mol. The first-order valence-electron chi connectivity index (χ1n) is 6.29. The van der Waals surface area contributed by atoms with Crippen LogP contribution in [0.3, 0.4) is 0 Å². The molecule has 0 fully saturated rings. The first-order chi connectivity index (χ1) is 10.0. The predicted octanol–water partition coefficient (Wildman–Crippen LogP) is 3.54. The molecule has 0 unspecified atom stereocenters. The fraction of sp³-hybridized carbons (Fsp3) is 0.0667. The summed E-state index contributed by atoms with van der Waals surface area (Å²) < 4.78 is 26.9. The van der Waals surface area contributed by atoms with Crippen LogP contribution >= 0.6 is 0 Å². The Kier molecular flexibility index (Phi) is 3.13. The van der Waals surface area contributed by atoms with Gasteiger partial charge in [0, 0.05) is 17.1 Å². The third-order valence-corrected chi connectivity index (χ3v) is 3.07. The zero-order valence-corrected chi connectivity index (χ0v) is 11.2. The monoisotopic (exact) mass is 286 g/mol. The van der Waals surface area contributed by atoms with Crippen LogP contribution in [0.5, 0.6) is 0 Å². The standard InChI is InChI=1S/C15H12F2N4/c1-8-5-6-9-3-2-4-12(13(9)19-8)20-15-11(17)7-10(16)14(18)21-15/h2-7H,1H3,(H3,18,20,21). The maximum Gasteiger partial charge on any atom is 0.169 e. The Labute approximate surface area is 119 Å². The molecule has 0 saturated heterocycles. The molecular formula is C15H12F2N4. The molecule has 2 aromatic heterocycles. The number of hydrogen-bond donors (Lipinski definition) is 2. The van der Waals surface area contributed by atoms with Gasteiger partial charge in [0.25, 0.3) is 0 Å². The largest absolute Gasteiger partial charge is 0.381 e. The smallest absolute Gasteiger partial charge is 0.169 e. The van der Waals surface area contributed by atoms with Crippen molar-refractivity contribution in [2.75, 3.05) is 11.1 Å². The van der Waals surface area contributed by atoms with E-state index >= 15 is 0 Å². The van der Waals surface area contributed by atoms with E-state index in [-0.39, 0.29) is 11.6 Å². The minimum Gasteiger partial charge on any atom is -0.381 e. The van der Waals surface area contributed by atoms with Crippen LogP contribution in [0.2, 0.25) is 0 Å². The van der Waals surface area contributed by atoms with Gasteiger partial charge in [0.05, 0.1) is 11.2 Å². The summed E-state index contributed by atoms with van der Waals surface area (Å²) in [7, 11) is 0. The summed E-state index contributed by atoms with van der Waals surface area (Å²) in [5.74, 6) is -2.19. The van der Waals surface area contributed by atoms with Gasteiger partial charge in [0.2, 0.25) is 0 Å². The molecule has 0 aliphatic heterocycles. The first kappa shape index (κ1) is 13.2. The van der Waals surface area contributed by atoms with Gasteiger partial charge in [-0.05, 0) is 19.1 Å². The zero-order valence-electron chi connectivity index (χ0n) is 11.2. The van der Waals surface area contributed by atoms with Crippen LogP contribution in [0.1, 0.15) is 5.69 Å². The lowest BCUT2D eigenvalue weighted by Crippen LogP contribution is -2.03. The number of para-hydroxylation sites is 1. The maximum atomic E-state index is 13.8. The van der Waals surface area contributed by atoms with E-state index in [2.05, 4.69) is 15.3 Å². The Morgan fingerprint density at radius 3 is 2.67 bits per heavy atom. The Morgan fingerprint density at radius 2 is 1.86 bits per heavy atom. The molecule has 6 heteroatoms. The number of nitrogens with two attached hydrogens (primary N) is 1. The third kappa shape index (κ3) is 2.47. The molecule has 0 spiro atoms. The molecule has 21 heavy (non-hydrogen) atoms. The molecule has 0 atom stereocenters. The highest BCUT2D eigenvalue weighted by molar-refractivity contribution is 5.92. The van der Waals surface area contributed by atoms with E-state index in [1.807, 2.05) is 31.2 Å². The van der Waals surface area contributed by atoms with Crippen LogP contribution in [0.15, 0.2) is 36.4 Å². The van der Waals surface area contributed by atoms with Gasteiger partial charge in [-0.25, -0.2) is 13.8 Å². The molecule has 0 amide bonds. The van der Waals surface area contributed by atoms with Gasteiger partial charge in [0.15, 0.2) is 23.3 Å². The number of hydrogen-bond acceptors (Lipinski definition) is 4. The minimum atomic E-state index is -0.884. The van der Waals surface area contributed by atoms with Gasteiger partial charge >= 0.3 is 0 Å². The van der Waals surface area contributed by atoms with E-state index in [1.165, 1.54) is 0 Å². The number of fused-ring (bicyclic) bond motifs is 1. The Balaban J connectivity index is 2.10. The third-order valence-electron chi connectivity index (χ3n) is 3.07. The number of halogens is 2. The van der Waals surface area contributed by atoms with E-state index in [9.17, 15) is 8.78 Å². The second kappa shape index (κ2) is 4.97. The summed E-state index contributed by atoms with van der Waals surface area (Å²) in [6.45, 7) is 1.87. The van der Waals surface area contributed by atoms with Crippen LogP contribution in [0.25, 0.3) is 10.9 Å². The Morgan fingerprint density at radius 1 is 1.05 bits per heavy atom. The fourth-order valence-electron chi connectivity index (χ4n) is 2.04. The van der Waals surface area contributed by atoms with Gasteiger partial charge in [-0.2, -0.15) is 0 Å². The van der Waals surface area contributed by atoms with Crippen LogP contribution in [0, 0.1) is 18.6 Å². The summed E-state index contributed by atoms with van der Waals surface area (Å²) in [6.07, 6.45) is 0. The van der Waals surface area contributed by atoms with Crippen molar-refractivity contribution in [1.82, 2.24) is 9.97 Å². The van der Waals surface area contributed by atoms with Crippen molar-refractivity contribution in [3.8, 4) is 0 Å². The van der Waals surface area contributed by atoms with Gasteiger partial charge in [-0.15, -0.1) is 0 Å². The van der Waals surface area contributed by atoms with Crippen molar-refractivity contribution < 1.29 is 8.78 Å². The van der Waals surface area contributed by atoms with E-state index in [0.717, 1.165) is 11.1 Å². The number of pyridine rings is 2. The van der Waals surface area contributed by atoms with Crippen molar-refractivity contribution in [2.45, 2.75) is 6.92 Å². The summed E-state index contributed by atoms with van der Waals surface area (Å²) in [5, 5.41) is 3.72. The molecule has 0 saturated carbocycles. The molecule has 3 rings (SSSR count). The van der Waals surface area contributed by atoms with Crippen LogP contribution in [-0.2, 0) is 0 Å². The first-order valence-corrected chi connectivity index (χ1v) is 6.29. The maximum absolute atomic E-state index is 13.8. The molecule has 0 aliphatic rings. The van der Waals surface area contributed by atoms with Crippen molar-refractivity contribution in [2.24, 2.45) is 0 Å². The Hall–Kier alpha value is -2.76. The minimum absolute atomic E-state index is 0.135. The number of benzene rings is 1. The van der Waals surface area contributed by atoms with Gasteiger partial charge in [-0.3, -0.25) is 4.98 Å². The number of nitrogen functional groups attached to an aromatic ring is 1. The van der Waals surface area contributed by atoms with Crippen molar-refractivity contribution >= 4 is 28.2 Å². The van der Waals surface area contributed by atoms with Crippen LogP contribution in [-0.4, -0.2) is 9.97 Å². The summed E-state index contributed by atoms with van der Waals surface area (Å²) >= 11 is 0. The number of nitrogens with zero attached hydrogens (tertiary/aromatic N) is 2. The van der Waals surface area contributed by atoms with Gasteiger partial charge in [-0.1, -0.05) is 18.2 Å². The normalized spacial score (nSPS) is 10.8. The number of aryl methyl sites for hydroxylation is 1. The van der Waals surface area contributed by atoms with Gasteiger partial charge in [0.1, 0.15) is 0 Å². The van der Waals surface area contributed by atoms with Crippen molar-refractivity contribution in [3.05, 3.63) is 53.7 Å². The van der Waals surface area contributed by atoms with Crippen LogP contribution in [0.4, 0.5) is 26.1 Å². The molecule has 1 aromatic carbocycles. The van der Waals surface area contributed by atoms with E-state index < -0.39 is 11.6 Å². The molecule has 4 nitrogen and oxygen atoms in total. The molecule has 2 heterocycles. The molecule has 0 aliphatic carbocycles.